The number of carbonyl (C=O) groups excluding carboxylic acids is 1. The number of amides is 2. The van der Waals surface area contributed by atoms with Gasteiger partial charge in [-0.1, -0.05) is 23.7 Å². The molecule has 0 saturated heterocycles. The van der Waals surface area contributed by atoms with Gasteiger partial charge in [0.05, 0.1) is 30.8 Å². The maximum Gasteiger partial charge on any atom is 0.319 e. The quantitative estimate of drug-likeness (QED) is 0.547. The van der Waals surface area contributed by atoms with Crippen molar-refractivity contribution < 1.29 is 9.90 Å². The van der Waals surface area contributed by atoms with Crippen molar-refractivity contribution in [1.29, 1.82) is 5.26 Å². The molecule has 9 nitrogen and oxygen atoms in total. The lowest BCUT2D eigenvalue weighted by Crippen LogP contribution is -2.34. The minimum Gasteiger partial charge on any atom is -0.394 e. The van der Waals surface area contributed by atoms with E-state index in [-0.39, 0.29) is 13.2 Å². The lowest BCUT2D eigenvalue weighted by molar-refractivity contribution is 0.247. The number of tetrazole rings is 1. The highest BCUT2D eigenvalue weighted by molar-refractivity contribution is 6.30. The summed E-state index contributed by atoms with van der Waals surface area (Å²) in [4.78, 5) is 13.8. The van der Waals surface area contributed by atoms with E-state index in [0.29, 0.717) is 28.5 Å². The van der Waals surface area contributed by atoms with Crippen LogP contribution in [0.15, 0.2) is 48.5 Å². The van der Waals surface area contributed by atoms with Crippen LogP contribution in [-0.2, 0) is 13.0 Å². The smallest absolute Gasteiger partial charge is 0.319 e. The summed E-state index contributed by atoms with van der Waals surface area (Å²) in [6.07, 6.45) is 0.419. The molecule has 2 amide bonds. The van der Waals surface area contributed by atoms with Gasteiger partial charge >= 0.3 is 6.03 Å². The van der Waals surface area contributed by atoms with Gasteiger partial charge in [0.1, 0.15) is 0 Å². The van der Waals surface area contributed by atoms with Gasteiger partial charge < -0.3 is 15.7 Å². The van der Waals surface area contributed by atoms with Crippen molar-refractivity contribution in [3.63, 3.8) is 0 Å². The van der Waals surface area contributed by atoms with Crippen molar-refractivity contribution in [2.75, 3.05) is 11.9 Å². The van der Waals surface area contributed by atoms with Crippen LogP contribution in [0.5, 0.6) is 0 Å². The number of halogens is 1. The summed E-state index contributed by atoms with van der Waals surface area (Å²) in [5.74, 6) is 0.323. The number of aliphatic hydroxyl groups excluding tert-OH is 1. The Morgan fingerprint density at radius 1 is 1.21 bits per heavy atom. The van der Waals surface area contributed by atoms with Crippen LogP contribution in [-0.4, -0.2) is 38.0 Å². The number of nitrogens with one attached hydrogen (secondary N) is 2. The molecule has 3 aromatic rings. The van der Waals surface area contributed by atoms with Crippen LogP contribution >= 0.6 is 11.6 Å². The van der Waals surface area contributed by atoms with Crippen molar-refractivity contribution in [2.24, 2.45) is 0 Å². The summed E-state index contributed by atoms with van der Waals surface area (Å²) in [6, 6.07) is 14.8. The first-order valence-electron chi connectivity index (χ1n) is 8.78. The molecule has 2 aromatic carbocycles. The number of hydrogen-bond acceptors (Lipinski definition) is 6. The van der Waals surface area contributed by atoms with E-state index >= 15 is 0 Å². The molecular formula is C19H18ClN7O2. The molecule has 1 atom stereocenters. The zero-order valence-electron chi connectivity index (χ0n) is 15.3. The second kappa shape index (κ2) is 9.64. The van der Waals surface area contributed by atoms with E-state index in [1.807, 2.05) is 18.2 Å². The molecule has 0 spiro atoms. The summed E-state index contributed by atoms with van der Waals surface area (Å²) in [5.41, 5.74) is 1.97. The van der Waals surface area contributed by atoms with E-state index in [1.165, 1.54) is 4.80 Å². The summed E-state index contributed by atoms with van der Waals surface area (Å²) >= 11 is 5.94. The first-order valence-corrected chi connectivity index (χ1v) is 9.16. The molecule has 0 aliphatic rings. The number of urea groups is 1. The number of aliphatic hydroxyl groups is 1. The molecule has 0 radical (unpaired) electrons. The third-order valence-corrected chi connectivity index (χ3v) is 4.26. The second-order valence-corrected chi connectivity index (χ2v) is 6.57. The van der Waals surface area contributed by atoms with Crippen molar-refractivity contribution in [3.05, 3.63) is 70.5 Å². The third kappa shape index (κ3) is 5.75. The fourth-order valence-corrected chi connectivity index (χ4v) is 2.72. The van der Waals surface area contributed by atoms with E-state index in [0.717, 1.165) is 5.56 Å². The average Bonchev–Trinajstić information content (AvgIpc) is 3.19. The van der Waals surface area contributed by atoms with Gasteiger partial charge in [-0.15, -0.1) is 10.2 Å². The van der Waals surface area contributed by atoms with Gasteiger partial charge in [0.15, 0.2) is 5.82 Å². The number of benzene rings is 2. The minimum atomic E-state index is -0.554. The second-order valence-electron chi connectivity index (χ2n) is 6.14. The lowest BCUT2D eigenvalue weighted by atomic mass is 10.1. The zero-order chi connectivity index (χ0) is 20.6. The molecule has 0 aliphatic heterocycles. The molecule has 0 aliphatic carbocycles. The lowest BCUT2D eigenvalue weighted by Gasteiger charge is -2.16. The van der Waals surface area contributed by atoms with Crippen molar-refractivity contribution >= 4 is 23.3 Å². The fourth-order valence-electron chi connectivity index (χ4n) is 2.60. The number of rotatable bonds is 7. The van der Waals surface area contributed by atoms with Crippen LogP contribution in [0.4, 0.5) is 10.5 Å². The Kier molecular flexibility index (Phi) is 6.73. The van der Waals surface area contributed by atoms with Gasteiger partial charge in [-0.05, 0) is 47.2 Å². The normalized spacial score (nSPS) is 11.5. The predicted octanol–water partition coefficient (Wildman–Crippen LogP) is 2.30. The molecule has 1 heterocycles. The molecular weight excluding hydrogens is 394 g/mol. The van der Waals surface area contributed by atoms with Gasteiger partial charge in [0, 0.05) is 17.1 Å². The molecule has 3 N–H and O–H groups in total. The van der Waals surface area contributed by atoms with Crippen LogP contribution in [0.1, 0.15) is 23.0 Å². The molecule has 10 heteroatoms. The Hall–Kier alpha value is -3.48. The fraction of sp³-hybridized carbons (Fsp3) is 0.211. The Labute approximate surface area is 171 Å². The number of aromatic nitrogens is 4. The first-order chi connectivity index (χ1) is 14.1. The molecule has 0 saturated carbocycles. The van der Waals surface area contributed by atoms with Crippen LogP contribution in [0.3, 0.4) is 0 Å². The van der Waals surface area contributed by atoms with Crippen LogP contribution in [0.25, 0.3) is 0 Å². The van der Waals surface area contributed by atoms with Crippen molar-refractivity contribution in [3.8, 4) is 6.07 Å². The number of carbonyl (C=O) groups is 1. The summed E-state index contributed by atoms with van der Waals surface area (Å²) < 4.78 is 0. The molecule has 1 aromatic heterocycles. The van der Waals surface area contributed by atoms with Crippen LogP contribution < -0.4 is 10.6 Å². The van der Waals surface area contributed by atoms with Gasteiger partial charge in [0.2, 0.25) is 0 Å². The number of nitrogens with zero attached hydrogens (tertiary/aromatic N) is 5. The van der Waals surface area contributed by atoms with Gasteiger partial charge in [-0.25, -0.2) is 4.79 Å². The largest absolute Gasteiger partial charge is 0.394 e. The number of nitriles is 1. The average molecular weight is 412 g/mol. The molecule has 0 bridgehead atoms. The zero-order valence-corrected chi connectivity index (χ0v) is 16.0. The van der Waals surface area contributed by atoms with E-state index in [4.69, 9.17) is 22.0 Å². The molecule has 1 unspecified atom stereocenters. The Balaban J connectivity index is 1.74. The highest BCUT2D eigenvalue weighted by Crippen LogP contribution is 2.18. The number of anilines is 1. The predicted molar refractivity (Wildman–Crippen MR) is 106 cm³/mol. The third-order valence-electron chi connectivity index (χ3n) is 4.01. The highest BCUT2D eigenvalue weighted by Gasteiger charge is 2.20. The Morgan fingerprint density at radius 3 is 2.59 bits per heavy atom. The molecule has 29 heavy (non-hydrogen) atoms. The summed E-state index contributed by atoms with van der Waals surface area (Å²) in [7, 11) is 0. The molecule has 148 valence electrons. The Morgan fingerprint density at radius 2 is 1.93 bits per heavy atom. The summed E-state index contributed by atoms with van der Waals surface area (Å²) in [5, 5.41) is 36.2. The minimum absolute atomic E-state index is 0.121. The van der Waals surface area contributed by atoms with Gasteiger partial charge in [-0.2, -0.15) is 10.1 Å². The topological polar surface area (TPSA) is 129 Å². The summed E-state index contributed by atoms with van der Waals surface area (Å²) in [6.45, 7) is 0.0857. The molecule has 0 fully saturated rings. The number of hydrogen-bond donors (Lipinski definition) is 3. The van der Waals surface area contributed by atoms with E-state index in [2.05, 4.69) is 26.0 Å². The van der Waals surface area contributed by atoms with Gasteiger partial charge in [0.25, 0.3) is 0 Å². The van der Waals surface area contributed by atoms with Crippen molar-refractivity contribution in [2.45, 2.75) is 19.0 Å². The first kappa shape index (κ1) is 20.3. The maximum atomic E-state index is 12.5. The van der Waals surface area contributed by atoms with E-state index in [1.54, 1.807) is 36.4 Å². The molecule has 3 rings (SSSR count). The standard InChI is InChI=1S/C19H18ClN7O2/c20-15-5-1-13(2-6-15)11-17(18-24-26-27(25-18)9-10-28)23-19(29)22-16-7-3-14(12-21)4-8-16/h1-8,17,28H,9-11H2,(H2,22,23,29). The SMILES string of the molecule is N#Cc1ccc(NC(=O)NC(Cc2ccc(Cl)cc2)c2nnn(CCO)n2)cc1. The van der Waals surface area contributed by atoms with Crippen LogP contribution in [0, 0.1) is 11.3 Å². The van der Waals surface area contributed by atoms with Crippen molar-refractivity contribution in [1.82, 2.24) is 25.5 Å². The monoisotopic (exact) mass is 411 g/mol. The van der Waals surface area contributed by atoms with E-state index in [9.17, 15) is 4.79 Å². The Bertz CT molecular complexity index is 997. The van der Waals surface area contributed by atoms with Gasteiger partial charge in [-0.3, -0.25) is 0 Å². The van der Waals surface area contributed by atoms with E-state index < -0.39 is 12.1 Å². The van der Waals surface area contributed by atoms with Crippen LogP contribution in [0.2, 0.25) is 5.02 Å². The highest BCUT2D eigenvalue weighted by atomic mass is 35.5. The maximum absolute atomic E-state index is 12.5.